The van der Waals surface area contributed by atoms with Gasteiger partial charge in [0.05, 0.1) is 20.8 Å². The van der Waals surface area contributed by atoms with Crippen LogP contribution in [0.3, 0.4) is 0 Å². The van der Waals surface area contributed by atoms with Gasteiger partial charge >= 0.3 is 0 Å². The van der Waals surface area contributed by atoms with Crippen LogP contribution in [0.1, 0.15) is 28.4 Å². The number of ether oxygens (including phenoxy) is 4. The quantitative estimate of drug-likeness (QED) is 0.298. The largest absolute Gasteiger partial charge is 0.493 e. The molecule has 0 unspecified atom stereocenters. The van der Waals surface area contributed by atoms with Gasteiger partial charge in [0.25, 0.3) is 5.91 Å². The zero-order chi connectivity index (χ0) is 25.2. The van der Waals surface area contributed by atoms with E-state index in [1.54, 1.807) is 49.6 Å². The van der Waals surface area contributed by atoms with Crippen LogP contribution in [0.15, 0.2) is 66.7 Å². The van der Waals surface area contributed by atoms with E-state index >= 15 is 0 Å². The van der Waals surface area contributed by atoms with Crippen LogP contribution >= 0.6 is 0 Å². The Kier molecular flexibility index (Phi) is 8.89. The Bertz CT molecular complexity index is 1220. The number of para-hydroxylation sites is 1. The zero-order valence-electron chi connectivity index (χ0n) is 20.3. The third-order valence-electron chi connectivity index (χ3n) is 5.14. The molecule has 1 N–H and O–H groups in total. The van der Waals surface area contributed by atoms with Crippen molar-refractivity contribution in [3.8, 4) is 23.0 Å². The number of benzene rings is 3. The molecule has 0 radical (unpaired) electrons. The highest BCUT2D eigenvalue weighted by Gasteiger charge is 2.11. The highest BCUT2D eigenvalue weighted by molar-refractivity contribution is 6.07. The number of carbonyl (C=O) groups is 2. The predicted molar refractivity (Wildman–Crippen MR) is 136 cm³/mol. The van der Waals surface area contributed by atoms with Crippen LogP contribution in [0.2, 0.25) is 0 Å². The molecular weight excluding hydrogens is 446 g/mol. The van der Waals surface area contributed by atoms with Crippen molar-refractivity contribution in [3.05, 3.63) is 83.4 Å². The second kappa shape index (κ2) is 12.3. The first-order valence-corrected chi connectivity index (χ1v) is 11.1. The maximum Gasteiger partial charge on any atom is 0.262 e. The predicted octanol–water partition coefficient (Wildman–Crippen LogP) is 5.32. The maximum absolute atomic E-state index is 12.6. The number of methoxy groups -OCH3 is 2. The second-order valence-corrected chi connectivity index (χ2v) is 7.56. The highest BCUT2D eigenvalue weighted by Crippen LogP contribution is 2.30. The number of rotatable bonds is 11. The number of carbonyl (C=O) groups excluding carboxylic acids is 2. The van der Waals surface area contributed by atoms with Crippen LogP contribution in [0, 0.1) is 6.92 Å². The van der Waals surface area contributed by atoms with Gasteiger partial charge in [0, 0.05) is 11.3 Å². The molecule has 3 aromatic carbocycles. The molecule has 0 atom stereocenters. The smallest absolute Gasteiger partial charge is 0.262 e. The summed E-state index contributed by atoms with van der Waals surface area (Å²) in [6.45, 7) is 4.04. The fraction of sp³-hybridized carbons (Fsp3) is 0.214. The average molecular weight is 476 g/mol. The van der Waals surface area contributed by atoms with Crippen molar-refractivity contribution in [2.24, 2.45) is 0 Å². The summed E-state index contributed by atoms with van der Waals surface area (Å²) in [5.41, 5.74) is 2.93. The fourth-order valence-corrected chi connectivity index (χ4v) is 3.32. The Balaban J connectivity index is 1.68. The van der Waals surface area contributed by atoms with E-state index in [2.05, 4.69) is 5.32 Å². The lowest BCUT2D eigenvalue weighted by Gasteiger charge is -2.13. The van der Waals surface area contributed by atoms with Gasteiger partial charge in [-0.15, -0.1) is 0 Å². The topological polar surface area (TPSA) is 83.1 Å². The normalized spacial score (nSPS) is 10.6. The molecule has 35 heavy (non-hydrogen) atoms. The molecule has 0 aromatic heterocycles. The maximum atomic E-state index is 12.6. The van der Waals surface area contributed by atoms with E-state index in [1.165, 1.54) is 13.2 Å². The van der Waals surface area contributed by atoms with E-state index in [1.807, 2.05) is 38.1 Å². The second-order valence-electron chi connectivity index (χ2n) is 7.56. The summed E-state index contributed by atoms with van der Waals surface area (Å²) in [7, 11) is 3.06. The molecule has 3 aromatic rings. The van der Waals surface area contributed by atoms with Crippen molar-refractivity contribution in [2.75, 3.05) is 32.8 Å². The van der Waals surface area contributed by atoms with E-state index in [0.717, 1.165) is 16.8 Å². The van der Waals surface area contributed by atoms with Crippen LogP contribution in [0.25, 0.3) is 6.08 Å². The Morgan fingerprint density at radius 1 is 0.857 bits per heavy atom. The molecule has 0 spiro atoms. The van der Waals surface area contributed by atoms with Crippen LogP contribution in [-0.4, -0.2) is 39.1 Å². The molecule has 0 fully saturated rings. The first-order valence-electron chi connectivity index (χ1n) is 11.1. The number of nitrogens with one attached hydrogen (secondary N) is 1. The Morgan fingerprint density at radius 2 is 1.60 bits per heavy atom. The van der Waals surface area contributed by atoms with Crippen LogP contribution < -0.4 is 24.3 Å². The minimum Gasteiger partial charge on any atom is -0.493 e. The third-order valence-corrected chi connectivity index (χ3v) is 5.14. The van der Waals surface area contributed by atoms with Crippen LogP contribution in [0.4, 0.5) is 5.69 Å². The van der Waals surface area contributed by atoms with E-state index in [0.29, 0.717) is 35.2 Å². The van der Waals surface area contributed by atoms with Gasteiger partial charge in [-0.2, -0.15) is 0 Å². The fourth-order valence-electron chi connectivity index (χ4n) is 3.32. The number of anilines is 1. The van der Waals surface area contributed by atoms with Gasteiger partial charge in [-0.3, -0.25) is 9.59 Å². The molecule has 0 aliphatic carbocycles. The Morgan fingerprint density at radius 3 is 2.31 bits per heavy atom. The van der Waals surface area contributed by atoms with Gasteiger partial charge in [-0.25, -0.2) is 0 Å². The molecule has 7 nitrogen and oxygen atoms in total. The van der Waals surface area contributed by atoms with Crippen LogP contribution in [-0.2, 0) is 4.79 Å². The zero-order valence-corrected chi connectivity index (χ0v) is 20.3. The van der Waals surface area contributed by atoms with Crippen molar-refractivity contribution >= 4 is 23.5 Å². The molecule has 0 bridgehead atoms. The number of hydrogen-bond donors (Lipinski definition) is 1. The molecule has 0 aliphatic heterocycles. The summed E-state index contributed by atoms with van der Waals surface area (Å²) in [5.74, 6) is 1.51. The first kappa shape index (κ1) is 25.4. The summed E-state index contributed by atoms with van der Waals surface area (Å²) in [6, 6.07) is 17.8. The number of amides is 1. The van der Waals surface area contributed by atoms with Gasteiger partial charge in [0.2, 0.25) is 0 Å². The highest BCUT2D eigenvalue weighted by atomic mass is 16.5. The standard InChI is InChI=1S/C28H29NO6/c1-5-34-27-16-20(10-13-23(30)21-12-15-24(32-3)26(17-21)33-4)11-14-25(27)35-18-28(31)29-22-9-7-6-8-19(22)2/h6-17H,5,18H2,1-4H3,(H,29,31)/b13-10+. The first-order chi connectivity index (χ1) is 16.9. The van der Waals surface area contributed by atoms with Gasteiger partial charge < -0.3 is 24.3 Å². The summed E-state index contributed by atoms with van der Waals surface area (Å²) in [4.78, 5) is 25.0. The molecule has 182 valence electrons. The number of allylic oxidation sites excluding steroid dienone is 1. The van der Waals surface area contributed by atoms with Gasteiger partial charge in [0.15, 0.2) is 35.4 Å². The van der Waals surface area contributed by atoms with Crippen molar-refractivity contribution < 1.29 is 28.5 Å². The Hall–Kier alpha value is -4.26. The molecule has 0 saturated carbocycles. The monoisotopic (exact) mass is 475 g/mol. The van der Waals surface area contributed by atoms with Crippen molar-refractivity contribution in [1.82, 2.24) is 0 Å². The minimum atomic E-state index is -0.272. The van der Waals surface area contributed by atoms with Crippen molar-refractivity contribution in [3.63, 3.8) is 0 Å². The average Bonchev–Trinajstić information content (AvgIpc) is 2.87. The molecule has 7 heteroatoms. The molecule has 0 heterocycles. The van der Waals surface area contributed by atoms with Gasteiger partial charge in [0.1, 0.15) is 0 Å². The molecule has 3 rings (SSSR count). The molecular formula is C28H29NO6. The van der Waals surface area contributed by atoms with Crippen molar-refractivity contribution in [1.29, 1.82) is 0 Å². The lowest BCUT2D eigenvalue weighted by Crippen LogP contribution is -2.20. The van der Waals surface area contributed by atoms with Gasteiger partial charge in [-0.1, -0.05) is 30.3 Å². The van der Waals surface area contributed by atoms with Crippen molar-refractivity contribution in [2.45, 2.75) is 13.8 Å². The lowest BCUT2D eigenvalue weighted by atomic mass is 10.1. The lowest BCUT2D eigenvalue weighted by molar-refractivity contribution is -0.118. The Labute approximate surface area is 205 Å². The third kappa shape index (κ3) is 6.86. The number of ketones is 1. The van der Waals surface area contributed by atoms with Gasteiger partial charge in [-0.05, 0) is 67.4 Å². The van der Waals surface area contributed by atoms with E-state index in [-0.39, 0.29) is 18.3 Å². The summed E-state index contributed by atoms with van der Waals surface area (Å²) < 4.78 is 21.9. The van der Waals surface area contributed by atoms with Crippen LogP contribution in [0.5, 0.6) is 23.0 Å². The molecule has 0 aliphatic rings. The SMILES string of the molecule is CCOc1cc(/C=C/C(=O)c2ccc(OC)c(OC)c2)ccc1OCC(=O)Nc1ccccc1C. The number of hydrogen-bond acceptors (Lipinski definition) is 6. The summed E-state index contributed by atoms with van der Waals surface area (Å²) >= 11 is 0. The molecule has 1 amide bonds. The summed E-state index contributed by atoms with van der Waals surface area (Å²) in [6.07, 6.45) is 3.17. The van der Waals surface area contributed by atoms with E-state index in [4.69, 9.17) is 18.9 Å². The molecule has 0 saturated heterocycles. The summed E-state index contributed by atoms with van der Waals surface area (Å²) in [5, 5.41) is 2.84. The number of aryl methyl sites for hydroxylation is 1. The van der Waals surface area contributed by atoms with E-state index in [9.17, 15) is 9.59 Å². The minimum absolute atomic E-state index is 0.165. The van der Waals surface area contributed by atoms with E-state index < -0.39 is 0 Å².